The van der Waals surface area contributed by atoms with Crippen molar-refractivity contribution in [1.82, 2.24) is 0 Å². The van der Waals surface area contributed by atoms with Gasteiger partial charge in [0.05, 0.1) is 12.7 Å². The zero-order valence-electron chi connectivity index (χ0n) is 11.5. The minimum Gasteiger partial charge on any atom is -0.493 e. The van der Waals surface area contributed by atoms with Crippen molar-refractivity contribution >= 4 is 0 Å². The molecule has 0 saturated heterocycles. The molecule has 0 fully saturated rings. The molecule has 1 N–H and O–H groups in total. The molecule has 2 rings (SSSR count). The van der Waals surface area contributed by atoms with Crippen molar-refractivity contribution in [2.75, 3.05) is 6.61 Å². The predicted octanol–water partition coefficient (Wildman–Crippen LogP) is 3.81. The minimum atomic E-state index is -0.466. The third kappa shape index (κ3) is 3.58. The molecule has 2 aromatic carbocycles. The van der Waals surface area contributed by atoms with Crippen molar-refractivity contribution in [3.8, 4) is 5.75 Å². The van der Waals surface area contributed by atoms with E-state index >= 15 is 0 Å². The lowest BCUT2D eigenvalue weighted by molar-refractivity contribution is 0.140. The predicted molar refractivity (Wildman–Crippen MR) is 77.4 cm³/mol. The Labute approximate surface area is 114 Å². The highest BCUT2D eigenvalue weighted by Crippen LogP contribution is 2.22. The van der Waals surface area contributed by atoms with Gasteiger partial charge < -0.3 is 9.84 Å². The van der Waals surface area contributed by atoms with E-state index in [0.29, 0.717) is 13.0 Å². The molecule has 19 heavy (non-hydrogen) atoms. The second kappa shape index (κ2) is 6.39. The highest BCUT2D eigenvalue weighted by atomic mass is 16.5. The van der Waals surface area contributed by atoms with E-state index in [-0.39, 0.29) is 0 Å². The van der Waals surface area contributed by atoms with Crippen molar-refractivity contribution in [2.24, 2.45) is 0 Å². The maximum Gasteiger partial charge on any atom is 0.122 e. The van der Waals surface area contributed by atoms with Crippen molar-refractivity contribution < 1.29 is 9.84 Å². The first kappa shape index (κ1) is 13.6. The molecule has 0 aliphatic carbocycles. The van der Waals surface area contributed by atoms with Crippen LogP contribution in [0.15, 0.2) is 48.5 Å². The number of ether oxygens (including phenoxy) is 1. The van der Waals surface area contributed by atoms with Crippen LogP contribution in [0.3, 0.4) is 0 Å². The summed E-state index contributed by atoms with van der Waals surface area (Å²) in [5.41, 5.74) is 3.32. The zero-order valence-corrected chi connectivity index (χ0v) is 11.5. The Bertz CT molecular complexity index is 520. The molecular weight excluding hydrogens is 236 g/mol. The normalized spacial score (nSPS) is 12.2. The van der Waals surface area contributed by atoms with Crippen molar-refractivity contribution in [3.63, 3.8) is 0 Å². The largest absolute Gasteiger partial charge is 0.493 e. The Morgan fingerprint density at radius 1 is 1.00 bits per heavy atom. The van der Waals surface area contributed by atoms with Gasteiger partial charge in [-0.15, -0.1) is 0 Å². The molecule has 0 radical (unpaired) electrons. The number of hydrogen-bond acceptors (Lipinski definition) is 2. The first-order valence-electron chi connectivity index (χ1n) is 6.60. The first-order valence-corrected chi connectivity index (χ1v) is 6.60. The van der Waals surface area contributed by atoms with Gasteiger partial charge in [0, 0.05) is 6.42 Å². The van der Waals surface area contributed by atoms with E-state index in [2.05, 4.69) is 19.9 Å². The molecule has 0 aliphatic rings. The Hall–Kier alpha value is -1.80. The first-order chi connectivity index (χ1) is 9.18. The maximum atomic E-state index is 10.0. The molecule has 100 valence electrons. The topological polar surface area (TPSA) is 29.5 Å². The summed E-state index contributed by atoms with van der Waals surface area (Å²) >= 11 is 0. The lowest BCUT2D eigenvalue weighted by atomic mass is 10.1. The van der Waals surface area contributed by atoms with Gasteiger partial charge in [-0.05, 0) is 36.6 Å². The summed E-state index contributed by atoms with van der Waals surface area (Å²) in [6.45, 7) is 4.64. The van der Waals surface area contributed by atoms with E-state index in [9.17, 15) is 5.11 Å². The Morgan fingerprint density at radius 2 is 1.74 bits per heavy atom. The number of benzene rings is 2. The maximum absolute atomic E-state index is 10.0. The molecule has 0 heterocycles. The van der Waals surface area contributed by atoms with Gasteiger partial charge in [0.2, 0.25) is 0 Å². The second-order valence-corrected chi connectivity index (χ2v) is 4.76. The van der Waals surface area contributed by atoms with Crippen LogP contribution in [0, 0.1) is 13.8 Å². The van der Waals surface area contributed by atoms with E-state index in [0.717, 1.165) is 16.9 Å². The average Bonchev–Trinajstić information content (AvgIpc) is 2.44. The summed E-state index contributed by atoms with van der Waals surface area (Å²) in [6, 6.07) is 15.7. The van der Waals surface area contributed by atoms with Crippen molar-refractivity contribution in [1.29, 1.82) is 0 Å². The van der Waals surface area contributed by atoms with Crippen LogP contribution >= 0.6 is 0 Å². The summed E-state index contributed by atoms with van der Waals surface area (Å²) in [6.07, 6.45) is 0.128. The molecule has 1 atom stereocenters. The molecule has 0 saturated carbocycles. The van der Waals surface area contributed by atoms with E-state index in [1.165, 1.54) is 5.56 Å². The Balaban J connectivity index is 1.88. The monoisotopic (exact) mass is 256 g/mol. The fraction of sp³-hybridized carbons (Fsp3) is 0.294. The van der Waals surface area contributed by atoms with Crippen LogP contribution in [-0.4, -0.2) is 11.7 Å². The van der Waals surface area contributed by atoms with Crippen LogP contribution in [0.5, 0.6) is 5.75 Å². The number of aliphatic hydroxyl groups excluding tert-OH is 1. The van der Waals surface area contributed by atoms with Gasteiger partial charge in [-0.1, -0.05) is 42.5 Å². The summed E-state index contributed by atoms with van der Waals surface area (Å²) in [7, 11) is 0. The van der Waals surface area contributed by atoms with Gasteiger partial charge in [0.15, 0.2) is 0 Å². The van der Waals surface area contributed by atoms with Crippen LogP contribution in [0.1, 0.15) is 29.2 Å². The molecule has 0 amide bonds. The van der Waals surface area contributed by atoms with E-state index in [1.807, 2.05) is 42.5 Å². The second-order valence-electron chi connectivity index (χ2n) is 4.76. The Morgan fingerprint density at radius 3 is 2.47 bits per heavy atom. The fourth-order valence-corrected chi connectivity index (χ4v) is 2.00. The standard InChI is InChI=1S/C17H20O2/c1-13-7-6-10-17(14(13)2)19-12-11-16(18)15-8-4-3-5-9-15/h3-10,16,18H,11-12H2,1-2H3. The van der Waals surface area contributed by atoms with Crippen LogP contribution in [0.4, 0.5) is 0 Å². The quantitative estimate of drug-likeness (QED) is 0.881. The summed E-state index contributed by atoms with van der Waals surface area (Å²) in [5, 5.41) is 10.0. The molecule has 0 aliphatic heterocycles. The summed E-state index contributed by atoms with van der Waals surface area (Å²) in [5.74, 6) is 0.903. The van der Waals surface area contributed by atoms with Crippen LogP contribution in [-0.2, 0) is 0 Å². The minimum absolute atomic E-state index is 0.466. The van der Waals surface area contributed by atoms with E-state index in [4.69, 9.17) is 4.74 Å². The van der Waals surface area contributed by atoms with Gasteiger partial charge in [-0.2, -0.15) is 0 Å². The van der Waals surface area contributed by atoms with Gasteiger partial charge in [0.25, 0.3) is 0 Å². The average molecular weight is 256 g/mol. The third-order valence-electron chi connectivity index (χ3n) is 3.39. The van der Waals surface area contributed by atoms with Gasteiger partial charge in [-0.25, -0.2) is 0 Å². The van der Waals surface area contributed by atoms with Crippen molar-refractivity contribution in [2.45, 2.75) is 26.4 Å². The summed E-state index contributed by atoms with van der Waals surface area (Å²) in [4.78, 5) is 0. The fourth-order valence-electron chi connectivity index (χ4n) is 2.00. The highest BCUT2D eigenvalue weighted by molar-refractivity contribution is 5.38. The molecule has 2 nitrogen and oxygen atoms in total. The highest BCUT2D eigenvalue weighted by Gasteiger charge is 2.08. The molecule has 2 heteroatoms. The SMILES string of the molecule is Cc1cccc(OCCC(O)c2ccccc2)c1C. The van der Waals surface area contributed by atoms with E-state index in [1.54, 1.807) is 0 Å². The van der Waals surface area contributed by atoms with Crippen LogP contribution in [0.25, 0.3) is 0 Å². The molecular formula is C17H20O2. The summed E-state index contributed by atoms with van der Waals surface area (Å²) < 4.78 is 5.75. The van der Waals surface area contributed by atoms with Crippen LogP contribution in [0.2, 0.25) is 0 Å². The number of hydrogen-bond donors (Lipinski definition) is 1. The zero-order chi connectivity index (χ0) is 13.7. The smallest absolute Gasteiger partial charge is 0.122 e. The number of aryl methyl sites for hydroxylation is 1. The molecule has 0 aromatic heterocycles. The number of rotatable bonds is 5. The molecule has 0 bridgehead atoms. The third-order valence-corrected chi connectivity index (χ3v) is 3.39. The van der Waals surface area contributed by atoms with Gasteiger partial charge in [0.1, 0.15) is 5.75 Å². The molecule has 2 aromatic rings. The van der Waals surface area contributed by atoms with E-state index < -0.39 is 6.10 Å². The van der Waals surface area contributed by atoms with Gasteiger partial charge in [-0.3, -0.25) is 0 Å². The molecule has 1 unspecified atom stereocenters. The lowest BCUT2D eigenvalue weighted by Gasteiger charge is -2.14. The number of aliphatic hydroxyl groups is 1. The van der Waals surface area contributed by atoms with Crippen LogP contribution < -0.4 is 4.74 Å². The Kier molecular flexibility index (Phi) is 4.58. The molecule has 0 spiro atoms. The van der Waals surface area contributed by atoms with Gasteiger partial charge >= 0.3 is 0 Å². The van der Waals surface area contributed by atoms with Crippen molar-refractivity contribution in [3.05, 3.63) is 65.2 Å². The lowest BCUT2D eigenvalue weighted by Crippen LogP contribution is -2.06.